The molecule has 1 saturated heterocycles. The van der Waals surface area contributed by atoms with Crippen molar-refractivity contribution in [1.82, 2.24) is 14.9 Å². The summed E-state index contributed by atoms with van der Waals surface area (Å²) in [5, 5.41) is 2.64. The Labute approximate surface area is 178 Å². The SMILES string of the molecule is O=C(CSCc1nc2scc(-c3ccccc3)c2c(=O)[nH]1)N1CCCCCCC1. The average Bonchev–Trinajstić information content (AvgIpc) is 3.13. The number of aromatic amines is 1. The molecule has 0 saturated carbocycles. The van der Waals surface area contributed by atoms with Crippen LogP contribution in [0.15, 0.2) is 40.5 Å². The van der Waals surface area contributed by atoms with E-state index in [0.29, 0.717) is 22.7 Å². The summed E-state index contributed by atoms with van der Waals surface area (Å²) in [5.74, 6) is 1.79. The molecular weight excluding hydrogens is 402 g/mol. The number of rotatable bonds is 5. The van der Waals surface area contributed by atoms with Gasteiger partial charge in [0.2, 0.25) is 5.91 Å². The van der Waals surface area contributed by atoms with E-state index in [1.54, 1.807) is 0 Å². The number of carbonyl (C=O) groups is 1. The Balaban J connectivity index is 1.41. The lowest BCUT2D eigenvalue weighted by Gasteiger charge is -2.24. The van der Waals surface area contributed by atoms with Gasteiger partial charge in [-0.2, -0.15) is 0 Å². The van der Waals surface area contributed by atoms with Crippen LogP contribution in [0.25, 0.3) is 21.3 Å². The molecule has 5 nitrogen and oxygen atoms in total. The summed E-state index contributed by atoms with van der Waals surface area (Å²) in [7, 11) is 0. The Morgan fingerprint density at radius 2 is 1.83 bits per heavy atom. The zero-order valence-corrected chi connectivity index (χ0v) is 18.0. The Kier molecular flexibility index (Phi) is 6.67. The van der Waals surface area contributed by atoms with Crippen LogP contribution in [-0.2, 0) is 10.5 Å². The van der Waals surface area contributed by atoms with Crippen molar-refractivity contribution in [3.63, 3.8) is 0 Å². The minimum Gasteiger partial charge on any atom is -0.342 e. The first-order valence-electron chi connectivity index (χ1n) is 10.1. The van der Waals surface area contributed by atoms with Gasteiger partial charge in [0, 0.05) is 24.0 Å². The number of fused-ring (bicyclic) bond motifs is 1. The van der Waals surface area contributed by atoms with Crippen molar-refractivity contribution in [2.45, 2.75) is 37.9 Å². The molecule has 1 fully saturated rings. The van der Waals surface area contributed by atoms with Crippen LogP contribution in [0.2, 0.25) is 0 Å². The number of thiophene rings is 1. The maximum atomic E-state index is 12.7. The number of hydrogen-bond donors (Lipinski definition) is 1. The molecule has 4 rings (SSSR count). The molecule has 0 unspecified atom stereocenters. The summed E-state index contributed by atoms with van der Waals surface area (Å²) < 4.78 is 0. The monoisotopic (exact) mass is 427 g/mol. The van der Waals surface area contributed by atoms with Crippen LogP contribution in [0.5, 0.6) is 0 Å². The molecule has 2 aromatic heterocycles. The molecule has 3 aromatic rings. The fourth-order valence-corrected chi connectivity index (χ4v) is 5.47. The number of hydrogen-bond acceptors (Lipinski definition) is 5. The van der Waals surface area contributed by atoms with E-state index in [2.05, 4.69) is 9.97 Å². The second-order valence-corrected chi connectivity index (χ2v) is 9.19. The number of thioether (sulfide) groups is 1. The second-order valence-electron chi connectivity index (χ2n) is 7.35. The van der Waals surface area contributed by atoms with Gasteiger partial charge in [0.25, 0.3) is 5.56 Å². The van der Waals surface area contributed by atoms with Crippen molar-refractivity contribution < 1.29 is 4.79 Å². The Hall–Kier alpha value is -2.12. The standard InChI is InChI=1S/C22H25N3O2S2/c26-19(25-11-7-2-1-3-8-12-25)15-28-14-18-23-21(27)20-17(13-29-22(20)24-18)16-9-5-4-6-10-16/h4-6,9-10,13H,1-3,7-8,11-12,14-15H2,(H,23,24,27). The lowest BCUT2D eigenvalue weighted by atomic mass is 10.1. The third-order valence-electron chi connectivity index (χ3n) is 5.25. The molecule has 0 radical (unpaired) electrons. The molecule has 3 heterocycles. The number of benzene rings is 1. The van der Waals surface area contributed by atoms with Crippen LogP contribution in [0, 0.1) is 0 Å². The Morgan fingerprint density at radius 1 is 1.10 bits per heavy atom. The molecule has 7 heteroatoms. The molecule has 1 N–H and O–H groups in total. The lowest BCUT2D eigenvalue weighted by Crippen LogP contribution is -2.35. The third kappa shape index (κ3) is 4.90. The highest BCUT2D eigenvalue weighted by Crippen LogP contribution is 2.30. The predicted molar refractivity (Wildman–Crippen MR) is 122 cm³/mol. The van der Waals surface area contributed by atoms with Crippen molar-refractivity contribution in [1.29, 1.82) is 0 Å². The molecular formula is C22H25N3O2S2. The molecule has 0 atom stereocenters. The van der Waals surface area contributed by atoms with Gasteiger partial charge in [0.15, 0.2) is 0 Å². The minimum atomic E-state index is -0.110. The van der Waals surface area contributed by atoms with E-state index in [1.165, 1.54) is 42.4 Å². The van der Waals surface area contributed by atoms with E-state index < -0.39 is 0 Å². The highest BCUT2D eigenvalue weighted by molar-refractivity contribution is 7.99. The van der Waals surface area contributed by atoms with Crippen molar-refractivity contribution in [2.24, 2.45) is 0 Å². The van der Waals surface area contributed by atoms with Crippen molar-refractivity contribution >= 4 is 39.2 Å². The molecule has 1 aromatic carbocycles. The number of H-pyrrole nitrogens is 1. The van der Waals surface area contributed by atoms with Gasteiger partial charge in [-0.05, 0) is 18.4 Å². The topological polar surface area (TPSA) is 66.1 Å². The molecule has 1 aliphatic rings. The summed E-state index contributed by atoms with van der Waals surface area (Å²) in [5.41, 5.74) is 1.83. The Bertz CT molecular complexity index is 1020. The number of nitrogens with zero attached hydrogens (tertiary/aromatic N) is 2. The highest BCUT2D eigenvalue weighted by atomic mass is 32.2. The van der Waals surface area contributed by atoms with E-state index in [4.69, 9.17) is 0 Å². The lowest BCUT2D eigenvalue weighted by molar-refractivity contribution is -0.128. The van der Waals surface area contributed by atoms with Crippen LogP contribution in [0.1, 0.15) is 37.9 Å². The summed E-state index contributed by atoms with van der Waals surface area (Å²) in [6.45, 7) is 1.75. The fraction of sp³-hybridized carbons (Fsp3) is 0.409. The van der Waals surface area contributed by atoms with Gasteiger partial charge in [-0.15, -0.1) is 23.1 Å². The highest BCUT2D eigenvalue weighted by Gasteiger charge is 2.16. The summed E-state index contributed by atoms with van der Waals surface area (Å²) >= 11 is 3.01. The quantitative estimate of drug-likeness (QED) is 0.642. The van der Waals surface area contributed by atoms with Crippen LogP contribution in [0.4, 0.5) is 0 Å². The van der Waals surface area contributed by atoms with Gasteiger partial charge in [-0.25, -0.2) is 4.98 Å². The normalized spacial score (nSPS) is 15.2. The van der Waals surface area contributed by atoms with Gasteiger partial charge in [0.1, 0.15) is 10.7 Å². The van der Waals surface area contributed by atoms with Crippen LogP contribution in [-0.4, -0.2) is 39.6 Å². The van der Waals surface area contributed by atoms with E-state index in [1.807, 2.05) is 40.6 Å². The van der Waals surface area contributed by atoms with Crippen LogP contribution < -0.4 is 5.56 Å². The van der Waals surface area contributed by atoms with E-state index in [-0.39, 0.29) is 11.5 Å². The molecule has 1 amide bonds. The van der Waals surface area contributed by atoms with E-state index >= 15 is 0 Å². The first-order chi connectivity index (χ1) is 14.2. The number of amides is 1. The number of nitrogens with one attached hydrogen (secondary N) is 1. The molecule has 0 bridgehead atoms. The largest absolute Gasteiger partial charge is 0.342 e. The van der Waals surface area contributed by atoms with E-state index in [0.717, 1.165) is 41.9 Å². The van der Waals surface area contributed by atoms with Gasteiger partial charge < -0.3 is 9.88 Å². The van der Waals surface area contributed by atoms with Gasteiger partial charge in [0.05, 0.1) is 16.9 Å². The first kappa shape index (κ1) is 20.2. The molecule has 0 spiro atoms. The molecule has 1 aliphatic heterocycles. The van der Waals surface area contributed by atoms with Gasteiger partial charge in [-0.3, -0.25) is 9.59 Å². The first-order valence-corrected chi connectivity index (χ1v) is 12.2. The van der Waals surface area contributed by atoms with Crippen LogP contribution in [0.3, 0.4) is 0 Å². The number of likely N-dealkylation sites (tertiary alicyclic amines) is 1. The van der Waals surface area contributed by atoms with Crippen molar-refractivity contribution in [2.75, 3.05) is 18.8 Å². The smallest absolute Gasteiger partial charge is 0.260 e. The molecule has 29 heavy (non-hydrogen) atoms. The zero-order valence-electron chi connectivity index (χ0n) is 16.4. The summed E-state index contributed by atoms with van der Waals surface area (Å²) in [6, 6.07) is 9.90. The molecule has 152 valence electrons. The average molecular weight is 428 g/mol. The third-order valence-corrected chi connectivity index (χ3v) is 7.05. The van der Waals surface area contributed by atoms with E-state index in [9.17, 15) is 9.59 Å². The summed E-state index contributed by atoms with van der Waals surface area (Å²) in [4.78, 5) is 35.5. The summed E-state index contributed by atoms with van der Waals surface area (Å²) in [6.07, 6.45) is 5.92. The maximum Gasteiger partial charge on any atom is 0.260 e. The Morgan fingerprint density at radius 3 is 2.59 bits per heavy atom. The van der Waals surface area contributed by atoms with Gasteiger partial charge >= 0.3 is 0 Å². The number of aromatic nitrogens is 2. The van der Waals surface area contributed by atoms with Crippen LogP contribution >= 0.6 is 23.1 Å². The van der Waals surface area contributed by atoms with Crippen molar-refractivity contribution in [3.05, 3.63) is 51.9 Å². The maximum absolute atomic E-state index is 12.7. The minimum absolute atomic E-state index is 0.110. The predicted octanol–water partition coefficient (Wildman–Crippen LogP) is 4.68. The fourth-order valence-electron chi connectivity index (χ4n) is 3.72. The zero-order chi connectivity index (χ0) is 20.1. The number of carbonyl (C=O) groups excluding carboxylic acids is 1. The molecule has 0 aliphatic carbocycles. The van der Waals surface area contributed by atoms with Crippen molar-refractivity contribution in [3.8, 4) is 11.1 Å². The second kappa shape index (κ2) is 9.59. The van der Waals surface area contributed by atoms with Gasteiger partial charge in [-0.1, -0.05) is 49.6 Å².